The van der Waals surface area contributed by atoms with Crippen LogP contribution in [0.1, 0.15) is 19.4 Å². The molecule has 2 heterocycles. The number of ether oxygens (including phenoxy) is 4. The summed E-state index contributed by atoms with van der Waals surface area (Å²) in [6.45, 7) is 4.05. The van der Waals surface area contributed by atoms with Crippen molar-refractivity contribution in [3.05, 3.63) is 35.9 Å². The van der Waals surface area contributed by atoms with Gasteiger partial charge < -0.3 is 23.7 Å². The van der Waals surface area contributed by atoms with Gasteiger partial charge in [0.2, 0.25) is 0 Å². The molecule has 3 rings (SSSR count). The van der Waals surface area contributed by atoms with Gasteiger partial charge >= 0.3 is 0 Å². The second-order valence-electron chi connectivity index (χ2n) is 5.47. The molecular weight excluding hydrogens is 260 g/mol. The van der Waals surface area contributed by atoms with Crippen LogP contribution in [0.15, 0.2) is 30.3 Å². The summed E-state index contributed by atoms with van der Waals surface area (Å²) in [6.07, 6.45) is -1.26. The lowest BCUT2D eigenvalue weighted by Gasteiger charge is -2.23. The first kappa shape index (κ1) is 13.7. The fourth-order valence-corrected chi connectivity index (χ4v) is 2.57. The highest BCUT2D eigenvalue weighted by molar-refractivity contribution is 5.58. The number of rotatable bonds is 4. The second-order valence-corrected chi connectivity index (χ2v) is 5.47. The van der Waals surface area contributed by atoms with Crippen molar-refractivity contribution in [1.82, 2.24) is 0 Å². The molecule has 0 aromatic heterocycles. The first-order valence-corrected chi connectivity index (χ1v) is 6.71. The molecule has 5 heteroatoms. The lowest BCUT2D eigenvalue weighted by molar-refractivity contribution is -0.216. The van der Waals surface area contributed by atoms with Crippen LogP contribution in [-0.2, 0) is 30.3 Å². The lowest BCUT2D eigenvalue weighted by Crippen LogP contribution is -2.37. The molecular formula is C15H18O5. The minimum atomic E-state index is -0.711. The van der Waals surface area contributed by atoms with E-state index >= 15 is 0 Å². The number of fused-ring (bicyclic) bond motifs is 1. The van der Waals surface area contributed by atoms with Gasteiger partial charge in [-0.15, -0.1) is 0 Å². The van der Waals surface area contributed by atoms with E-state index in [-0.39, 0.29) is 6.10 Å². The molecule has 2 saturated heterocycles. The van der Waals surface area contributed by atoms with Crippen molar-refractivity contribution in [2.45, 2.75) is 50.8 Å². The van der Waals surface area contributed by atoms with E-state index in [0.717, 1.165) is 11.8 Å². The molecule has 1 unspecified atom stereocenters. The van der Waals surface area contributed by atoms with E-state index in [4.69, 9.17) is 18.9 Å². The summed E-state index contributed by atoms with van der Waals surface area (Å²) in [5.41, 5.74) is 1.04. The van der Waals surface area contributed by atoms with Gasteiger partial charge in [0.15, 0.2) is 18.4 Å². The highest BCUT2D eigenvalue weighted by Crippen LogP contribution is 2.38. The molecule has 2 aliphatic rings. The largest absolute Gasteiger partial charge is 0.367 e. The maximum atomic E-state index is 11.1. The van der Waals surface area contributed by atoms with Gasteiger partial charge in [0.1, 0.15) is 18.3 Å². The van der Waals surface area contributed by atoms with Crippen LogP contribution in [0.4, 0.5) is 0 Å². The van der Waals surface area contributed by atoms with Crippen LogP contribution in [0.25, 0.3) is 0 Å². The number of hydrogen-bond acceptors (Lipinski definition) is 5. The van der Waals surface area contributed by atoms with Crippen LogP contribution in [0.2, 0.25) is 0 Å². The third-order valence-electron chi connectivity index (χ3n) is 3.45. The smallest absolute Gasteiger partial charge is 0.190 e. The third kappa shape index (κ3) is 2.62. The van der Waals surface area contributed by atoms with Crippen molar-refractivity contribution in [2.75, 3.05) is 0 Å². The van der Waals surface area contributed by atoms with Crippen LogP contribution in [0.5, 0.6) is 0 Å². The van der Waals surface area contributed by atoms with Crippen molar-refractivity contribution < 1.29 is 23.7 Å². The average molecular weight is 278 g/mol. The van der Waals surface area contributed by atoms with Gasteiger partial charge in [0.05, 0.1) is 6.61 Å². The molecule has 0 aliphatic carbocycles. The van der Waals surface area contributed by atoms with Gasteiger partial charge in [-0.05, 0) is 19.4 Å². The monoisotopic (exact) mass is 278 g/mol. The van der Waals surface area contributed by atoms with Crippen molar-refractivity contribution in [3.63, 3.8) is 0 Å². The zero-order chi connectivity index (χ0) is 14.2. The van der Waals surface area contributed by atoms with E-state index in [1.54, 1.807) is 0 Å². The molecule has 0 N–H and O–H groups in total. The Hall–Kier alpha value is -1.27. The molecule has 0 spiro atoms. The molecule has 1 aromatic carbocycles. The summed E-state index contributed by atoms with van der Waals surface area (Å²) >= 11 is 0. The zero-order valence-electron chi connectivity index (χ0n) is 11.5. The predicted octanol–water partition coefficient (Wildman–Crippen LogP) is 1.65. The molecule has 0 amide bonds. The van der Waals surface area contributed by atoms with E-state index in [9.17, 15) is 4.79 Å². The van der Waals surface area contributed by atoms with Crippen LogP contribution in [-0.4, -0.2) is 36.7 Å². The number of aldehydes is 1. The van der Waals surface area contributed by atoms with E-state index < -0.39 is 24.3 Å². The van der Waals surface area contributed by atoms with Crippen molar-refractivity contribution in [3.8, 4) is 0 Å². The van der Waals surface area contributed by atoms with Crippen LogP contribution in [0, 0.1) is 0 Å². The van der Waals surface area contributed by atoms with Gasteiger partial charge in [0, 0.05) is 0 Å². The third-order valence-corrected chi connectivity index (χ3v) is 3.45. The Labute approximate surface area is 117 Å². The van der Waals surface area contributed by atoms with Crippen LogP contribution < -0.4 is 0 Å². The Morgan fingerprint density at radius 1 is 1.25 bits per heavy atom. The van der Waals surface area contributed by atoms with Gasteiger partial charge in [-0.25, -0.2) is 0 Å². The summed E-state index contributed by atoms with van der Waals surface area (Å²) in [7, 11) is 0. The second kappa shape index (κ2) is 5.26. The van der Waals surface area contributed by atoms with Crippen molar-refractivity contribution in [2.24, 2.45) is 0 Å². The summed E-state index contributed by atoms with van der Waals surface area (Å²) in [5, 5.41) is 0. The minimum absolute atomic E-state index is 0.371. The molecule has 108 valence electrons. The molecule has 4 atom stereocenters. The van der Waals surface area contributed by atoms with E-state index in [1.165, 1.54) is 0 Å². The quantitative estimate of drug-likeness (QED) is 0.784. The summed E-state index contributed by atoms with van der Waals surface area (Å²) in [4.78, 5) is 11.1. The minimum Gasteiger partial charge on any atom is -0.367 e. The summed E-state index contributed by atoms with van der Waals surface area (Å²) < 4.78 is 22.7. The molecule has 0 radical (unpaired) electrons. The molecule has 0 bridgehead atoms. The van der Waals surface area contributed by atoms with Gasteiger partial charge in [-0.3, -0.25) is 0 Å². The fourth-order valence-electron chi connectivity index (χ4n) is 2.57. The van der Waals surface area contributed by atoms with Gasteiger partial charge in [0.25, 0.3) is 0 Å². The number of carbonyl (C=O) groups is 1. The van der Waals surface area contributed by atoms with Gasteiger partial charge in [-0.1, -0.05) is 30.3 Å². The number of benzene rings is 1. The first-order chi connectivity index (χ1) is 9.59. The van der Waals surface area contributed by atoms with E-state index in [2.05, 4.69) is 0 Å². The SMILES string of the molecule is CC1(C)OC2[C@@H](O[C@H](C=O)[C@@H]2OCc2ccccc2)O1. The highest BCUT2D eigenvalue weighted by Gasteiger charge is 2.55. The maximum Gasteiger partial charge on any atom is 0.190 e. The average Bonchev–Trinajstić information content (AvgIpc) is 2.89. The summed E-state index contributed by atoms with van der Waals surface area (Å²) in [6, 6.07) is 9.78. The van der Waals surface area contributed by atoms with Crippen molar-refractivity contribution in [1.29, 1.82) is 0 Å². The van der Waals surface area contributed by atoms with Gasteiger partial charge in [-0.2, -0.15) is 0 Å². The standard InChI is InChI=1S/C15H18O5/c1-15(2)19-13-12(11(8-16)18-14(13)20-15)17-9-10-6-4-3-5-7-10/h3-8,11-14H,9H2,1-2H3/t11-,12+,13?,14+/m1/s1. The predicted molar refractivity (Wildman–Crippen MR) is 69.8 cm³/mol. The molecule has 5 nitrogen and oxygen atoms in total. The normalized spacial score (nSPS) is 34.9. The molecule has 0 saturated carbocycles. The summed E-state index contributed by atoms with van der Waals surface area (Å²) in [5.74, 6) is -0.711. The lowest BCUT2D eigenvalue weighted by atomic mass is 10.1. The molecule has 2 fully saturated rings. The van der Waals surface area contributed by atoms with Crippen LogP contribution in [0.3, 0.4) is 0 Å². The van der Waals surface area contributed by atoms with E-state index in [0.29, 0.717) is 6.61 Å². The maximum absolute atomic E-state index is 11.1. The molecule has 20 heavy (non-hydrogen) atoms. The van der Waals surface area contributed by atoms with Crippen molar-refractivity contribution >= 4 is 6.29 Å². The molecule has 2 aliphatic heterocycles. The Morgan fingerprint density at radius 2 is 2.00 bits per heavy atom. The Morgan fingerprint density at radius 3 is 2.70 bits per heavy atom. The first-order valence-electron chi connectivity index (χ1n) is 6.71. The highest BCUT2D eigenvalue weighted by atomic mass is 16.8. The van der Waals surface area contributed by atoms with E-state index in [1.807, 2.05) is 44.2 Å². The number of hydrogen-bond donors (Lipinski definition) is 0. The Bertz CT molecular complexity index is 472. The van der Waals surface area contributed by atoms with Crippen LogP contribution >= 0.6 is 0 Å². The Kier molecular flexibility index (Phi) is 3.60. The zero-order valence-corrected chi connectivity index (χ0v) is 11.5. The Balaban J connectivity index is 1.68. The fraction of sp³-hybridized carbons (Fsp3) is 0.533. The molecule has 1 aromatic rings. The topological polar surface area (TPSA) is 54.0 Å². The number of carbonyl (C=O) groups excluding carboxylic acids is 1.